The summed E-state index contributed by atoms with van der Waals surface area (Å²) >= 11 is 1.74. The summed E-state index contributed by atoms with van der Waals surface area (Å²) in [5, 5.41) is 9.32. The van der Waals surface area contributed by atoms with Crippen LogP contribution in [0, 0.1) is 12.8 Å². The summed E-state index contributed by atoms with van der Waals surface area (Å²) < 4.78 is 5.85. The number of aliphatic hydroxyl groups is 1. The molecule has 0 bridgehead atoms. The first-order valence-electron chi connectivity index (χ1n) is 6.63. The van der Waals surface area contributed by atoms with Gasteiger partial charge in [0.15, 0.2) is 0 Å². The minimum Gasteiger partial charge on any atom is -0.396 e. The standard InChI is InChI=1S/C13H20N2O2S/c1-9-13(18-8-14-9)6-15-2-3-17-12-5-10(7-16)4-11(12)15/h8,10-12,16H,2-7H2,1H3/t10-,11+,12?/m1/s1. The summed E-state index contributed by atoms with van der Waals surface area (Å²) in [6.07, 6.45) is 2.40. The Morgan fingerprint density at radius 2 is 2.44 bits per heavy atom. The highest BCUT2D eigenvalue weighted by atomic mass is 32.1. The lowest BCUT2D eigenvalue weighted by molar-refractivity contribution is -0.0587. The molecule has 1 aromatic rings. The van der Waals surface area contributed by atoms with E-state index in [-0.39, 0.29) is 0 Å². The Labute approximate surface area is 112 Å². The molecule has 4 nitrogen and oxygen atoms in total. The minimum atomic E-state index is 0.295. The second kappa shape index (κ2) is 5.25. The molecule has 0 radical (unpaired) electrons. The number of aromatic nitrogens is 1. The van der Waals surface area contributed by atoms with Gasteiger partial charge in [0.1, 0.15) is 0 Å². The van der Waals surface area contributed by atoms with E-state index < -0.39 is 0 Å². The molecule has 1 N–H and O–H groups in total. The number of nitrogens with zero attached hydrogens (tertiary/aromatic N) is 2. The van der Waals surface area contributed by atoms with E-state index in [9.17, 15) is 5.11 Å². The normalized spacial score (nSPS) is 32.7. The van der Waals surface area contributed by atoms with Crippen LogP contribution in [-0.2, 0) is 11.3 Å². The number of thiazole rings is 1. The molecule has 0 spiro atoms. The lowest BCUT2D eigenvalue weighted by Gasteiger charge is -2.37. The monoisotopic (exact) mass is 268 g/mol. The summed E-state index contributed by atoms with van der Waals surface area (Å²) in [6.45, 7) is 5.17. The van der Waals surface area contributed by atoms with Crippen LogP contribution >= 0.6 is 11.3 Å². The van der Waals surface area contributed by atoms with E-state index in [1.54, 1.807) is 11.3 Å². The quantitative estimate of drug-likeness (QED) is 0.900. The molecule has 3 rings (SSSR count). The van der Waals surface area contributed by atoms with Crippen LogP contribution in [0.1, 0.15) is 23.4 Å². The highest BCUT2D eigenvalue weighted by Gasteiger charge is 2.40. The van der Waals surface area contributed by atoms with Crippen LogP contribution in [0.5, 0.6) is 0 Å². The van der Waals surface area contributed by atoms with Gasteiger partial charge in [0, 0.05) is 30.6 Å². The van der Waals surface area contributed by atoms with Crippen molar-refractivity contribution in [2.24, 2.45) is 5.92 Å². The van der Waals surface area contributed by atoms with Crippen LogP contribution in [0.25, 0.3) is 0 Å². The molecule has 1 aromatic heterocycles. The third kappa shape index (κ3) is 2.32. The molecule has 1 aliphatic heterocycles. The Kier molecular flexibility index (Phi) is 3.66. The summed E-state index contributed by atoms with van der Waals surface area (Å²) in [7, 11) is 0. The highest BCUT2D eigenvalue weighted by Crippen LogP contribution is 2.35. The molecule has 5 heteroatoms. The second-order valence-corrected chi connectivity index (χ2v) is 6.27. The number of aliphatic hydroxyl groups excluding tert-OH is 1. The summed E-state index contributed by atoms with van der Waals surface area (Å²) in [4.78, 5) is 8.20. The molecule has 0 aromatic carbocycles. The smallest absolute Gasteiger partial charge is 0.0798 e. The maximum atomic E-state index is 9.32. The zero-order valence-corrected chi connectivity index (χ0v) is 11.5. The molecule has 2 fully saturated rings. The Morgan fingerprint density at radius 3 is 3.17 bits per heavy atom. The number of rotatable bonds is 3. The fourth-order valence-corrected chi connectivity index (χ4v) is 3.94. The average Bonchev–Trinajstić information content (AvgIpc) is 2.96. The molecule has 3 atom stereocenters. The van der Waals surface area contributed by atoms with E-state index in [0.717, 1.165) is 38.2 Å². The van der Waals surface area contributed by atoms with E-state index in [1.165, 1.54) is 4.88 Å². The first-order chi connectivity index (χ1) is 8.78. The summed E-state index contributed by atoms with van der Waals surface area (Å²) in [5.41, 5.74) is 3.08. The number of ether oxygens (including phenoxy) is 1. The lowest BCUT2D eigenvalue weighted by Crippen LogP contribution is -2.47. The van der Waals surface area contributed by atoms with Crippen molar-refractivity contribution in [2.45, 2.75) is 38.5 Å². The van der Waals surface area contributed by atoms with Crippen molar-refractivity contribution in [3.05, 3.63) is 16.1 Å². The molecule has 1 unspecified atom stereocenters. The third-order valence-electron chi connectivity index (χ3n) is 4.20. The minimum absolute atomic E-state index is 0.295. The fraction of sp³-hybridized carbons (Fsp3) is 0.769. The van der Waals surface area contributed by atoms with Gasteiger partial charge >= 0.3 is 0 Å². The maximum absolute atomic E-state index is 9.32. The predicted molar refractivity (Wildman–Crippen MR) is 70.6 cm³/mol. The molecule has 1 saturated heterocycles. The first kappa shape index (κ1) is 12.5. The van der Waals surface area contributed by atoms with E-state index in [2.05, 4.69) is 16.8 Å². The van der Waals surface area contributed by atoms with Crippen molar-refractivity contribution < 1.29 is 9.84 Å². The van der Waals surface area contributed by atoms with Gasteiger partial charge in [-0.25, -0.2) is 4.98 Å². The van der Waals surface area contributed by atoms with Crippen molar-refractivity contribution in [1.29, 1.82) is 0 Å². The van der Waals surface area contributed by atoms with E-state index in [4.69, 9.17) is 4.74 Å². The van der Waals surface area contributed by atoms with Gasteiger partial charge in [0.05, 0.1) is 23.9 Å². The number of aryl methyl sites for hydroxylation is 1. The molecule has 2 heterocycles. The number of hydrogen-bond donors (Lipinski definition) is 1. The second-order valence-electron chi connectivity index (χ2n) is 5.33. The number of fused-ring (bicyclic) bond motifs is 1. The number of morpholine rings is 1. The van der Waals surface area contributed by atoms with Gasteiger partial charge in [-0.3, -0.25) is 4.90 Å². The first-order valence-corrected chi connectivity index (χ1v) is 7.51. The van der Waals surface area contributed by atoms with Crippen LogP contribution in [0.3, 0.4) is 0 Å². The largest absolute Gasteiger partial charge is 0.396 e. The van der Waals surface area contributed by atoms with Gasteiger partial charge in [0.25, 0.3) is 0 Å². The molecule has 1 aliphatic carbocycles. The van der Waals surface area contributed by atoms with E-state index in [1.807, 2.05) is 5.51 Å². The van der Waals surface area contributed by atoms with E-state index >= 15 is 0 Å². The molecule has 18 heavy (non-hydrogen) atoms. The van der Waals surface area contributed by atoms with Gasteiger partial charge in [-0.15, -0.1) is 11.3 Å². The van der Waals surface area contributed by atoms with Gasteiger partial charge in [0.2, 0.25) is 0 Å². The topological polar surface area (TPSA) is 45.6 Å². The van der Waals surface area contributed by atoms with Gasteiger partial charge in [-0.05, 0) is 25.7 Å². The fourth-order valence-electron chi connectivity index (χ4n) is 3.13. The Balaban J connectivity index is 1.70. The molecule has 1 saturated carbocycles. The maximum Gasteiger partial charge on any atom is 0.0798 e. The van der Waals surface area contributed by atoms with E-state index in [0.29, 0.717) is 24.7 Å². The van der Waals surface area contributed by atoms with Crippen molar-refractivity contribution in [3.8, 4) is 0 Å². The van der Waals surface area contributed by atoms with Gasteiger partial charge in [-0.2, -0.15) is 0 Å². The summed E-state index contributed by atoms with van der Waals surface area (Å²) in [5.74, 6) is 0.420. The van der Waals surface area contributed by atoms with Crippen molar-refractivity contribution in [2.75, 3.05) is 19.8 Å². The van der Waals surface area contributed by atoms with Crippen molar-refractivity contribution in [3.63, 3.8) is 0 Å². The highest BCUT2D eigenvalue weighted by molar-refractivity contribution is 7.09. The summed E-state index contributed by atoms with van der Waals surface area (Å²) in [6, 6.07) is 0.484. The Bertz CT molecular complexity index is 409. The van der Waals surface area contributed by atoms with Crippen molar-refractivity contribution >= 4 is 11.3 Å². The average molecular weight is 268 g/mol. The molecular formula is C13H20N2O2S. The van der Waals surface area contributed by atoms with Crippen LogP contribution in [0.15, 0.2) is 5.51 Å². The molecule has 0 amide bonds. The van der Waals surface area contributed by atoms with Crippen LogP contribution in [0.4, 0.5) is 0 Å². The van der Waals surface area contributed by atoms with Crippen LogP contribution < -0.4 is 0 Å². The van der Waals surface area contributed by atoms with Crippen LogP contribution in [0.2, 0.25) is 0 Å². The SMILES string of the molecule is Cc1ncsc1CN1CCOC2C[C@H](CO)C[C@@H]21. The molecule has 100 valence electrons. The van der Waals surface area contributed by atoms with Gasteiger partial charge < -0.3 is 9.84 Å². The number of hydrogen-bond acceptors (Lipinski definition) is 5. The van der Waals surface area contributed by atoms with Crippen LogP contribution in [-0.4, -0.2) is 46.9 Å². The Morgan fingerprint density at radius 1 is 1.56 bits per heavy atom. The molecular weight excluding hydrogens is 248 g/mol. The lowest BCUT2D eigenvalue weighted by atomic mass is 10.1. The Hall–Kier alpha value is -0.490. The molecule has 2 aliphatic rings. The predicted octanol–water partition coefficient (Wildman–Crippen LogP) is 1.42. The van der Waals surface area contributed by atoms with Crippen molar-refractivity contribution in [1.82, 2.24) is 9.88 Å². The van der Waals surface area contributed by atoms with Gasteiger partial charge in [-0.1, -0.05) is 0 Å². The zero-order chi connectivity index (χ0) is 12.5. The third-order valence-corrected chi connectivity index (χ3v) is 5.12. The zero-order valence-electron chi connectivity index (χ0n) is 10.7.